The number of nitrogens with two attached hydrogens (primary N) is 2. The quantitative estimate of drug-likeness (QED) is 0.819. The van der Waals surface area contributed by atoms with Gasteiger partial charge in [-0.25, -0.2) is 0 Å². The number of ether oxygens (including phenoxy) is 1. The van der Waals surface area contributed by atoms with Gasteiger partial charge in [-0.15, -0.1) is 11.3 Å². The van der Waals surface area contributed by atoms with Gasteiger partial charge in [-0.3, -0.25) is 4.79 Å². The average Bonchev–Trinajstić information content (AvgIpc) is 2.90. The van der Waals surface area contributed by atoms with Crippen molar-refractivity contribution in [3.63, 3.8) is 0 Å². The lowest BCUT2D eigenvalue weighted by molar-refractivity contribution is 0.1000. The highest BCUT2D eigenvalue weighted by atomic mass is 79.9. The van der Waals surface area contributed by atoms with E-state index in [0.717, 1.165) is 15.8 Å². The van der Waals surface area contributed by atoms with E-state index in [-0.39, 0.29) is 12.1 Å². The Hall–Kier alpha value is -1.37. The van der Waals surface area contributed by atoms with Crippen LogP contribution < -0.4 is 16.2 Å². The second-order valence-corrected chi connectivity index (χ2v) is 6.52. The molecule has 4 N–H and O–H groups in total. The topological polar surface area (TPSA) is 78.3 Å². The van der Waals surface area contributed by atoms with E-state index in [4.69, 9.17) is 16.2 Å². The largest absolute Gasteiger partial charge is 0.483 e. The van der Waals surface area contributed by atoms with Crippen molar-refractivity contribution >= 4 is 33.2 Å². The van der Waals surface area contributed by atoms with E-state index in [1.807, 2.05) is 18.4 Å². The number of carbonyl (C=O) groups excluding carboxylic acids is 1. The fourth-order valence-electron chi connectivity index (χ4n) is 1.89. The second-order valence-electron chi connectivity index (χ2n) is 4.67. The summed E-state index contributed by atoms with van der Waals surface area (Å²) in [5.41, 5.74) is 11.9. The Morgan fingerprint density at radius 2 is 2.05 bits per heavy atom. The van der Waals surface area contributed by atoms with Gasteiger partial charge in [0.05, 0.1) is 0 Å². The van der Waals surface area contributed by atoms with Crippen molar-refractivity contribution in [2.24, 2.45) is 11.5 Å². The van der Waals surface area contributed by atoms with E-state index in [1.54, 1.807) is 35.6 Å². The third kappa shape index (κ3) is 4.06. The SMILES string of the molecule is CCC(N)C(Oc1ccc(C(N)=O)cc1)c1cc(Br)cs1. The van der Waals surface area contributed by atoms with Gasteiger partial charge in [-0.2, -0.15) is 0 Å². The molecule has 1 aromatic carbocycles. The van der Waals surface area contributed by atoms with Gasteiger partial charge in [0.25, 0.3) is 0 Å². The lowest BCUT2D eigenvalue weighted by atomic mass is 10.1. The summed E-state index contributed by atoms with van der Waals surface area (Å²) in [6, 6.07) is 8.68. The summed E-state index contributed by atoms with van der Waals surface area (Å²) in [6.45, 7) is 2.03. The predicted molar refractivity (Wildman–Crippen MR) is 88.6 cm³/mol. The van der Waals surface area contributed by atoms with Crippen molar-refractivity contribution in [3.05, 3.63) is 50.6 Å². The van der Waals surface area contributed by atoms with Crippen molar-refractivity contribution in [2.75, 3.05) is 0 Å². The first-order valence-corrected chi connectivity index (χ1v) is 8.24. The van der Waals surface area contributed by atoms with Crippen molar-refractivity contribution < 1.29 is 9.53 Å². The predicted octanol–water partition coefficient (Wildman–Crippen LogP) is 3.47. The zero-order valence-electron chi connectivity index (χ0n) is 11.6. The van der Waals surface area contributed by atoms with Gasteiger partial charge < -0.3 is 16.2 Å². The standard InChI is InChI=1S/C15H17BrN2O2S/c1-2-12(17)14(13-7-10(16)8-21-13)20-11-5-3-9(4-6-11)15(18)19/h3-8,12,14H,2,17H2,1H3,(H2,18,19). The molecule has 0 saturated carbocycles. The molecule has 0 aliphatic carbocycles. The fourth-order valence-corrected chi connectivity index (χ4v) is 3.44. The fraction of sp³-hybridized carbons (Fsp3) is 0.267. The van der Waals surface area contributed by atoms with Crippen LogP contribution in [-0.2, 0) is 0 Å². The highest BCUT2D eigenvalue weighted by Crippen LogP contribution is 2.31. The minimum absolute atomic E-state index is 0.105. The number of primary amides is 1. The van der Waals surface area contributed by atoms with Gasteiger partial charge in [0.15, 0.2) is 0 Å². The highest BCUT2D eigenvalue weighted by Gasteiger charge is 2.22. The maximum absolute atomic E-state index is 11.1. The summed E-state index contributed by atoms with van der Waals surface area (Å²) < 4.78 is 7.03. The van der Waals surface area contributed by atoms with E-state index in [2.05, 4.69) is 15.9 Å². The molecule has 1 amide bonds. The maximum atomic E-state index is 11.1. The zero-order valence-corrected chi connectivity index (χ0v) is 14.0. The lowest BCUT2D eigenvalue weighted by Crippen LogP contribution is -2.30. The smallest absolute Gasteiger partial charge is 0.248 e. The van der Waals surface area contributed by atoms with Crippen LogP contribution in [0.1, 0.15) is 34.7 Å². The van der Waals surface area contributed by atoms with Gasteiger partial charge in [0, 0.05) is 26.3 Å². The van der Waals surface area contributed by atoms with Crippen molar-refractivity contribution in [1.29, 1.82) is 0 Å². The number of halogens is 1. The van der Waals surface area contributed by atoms with Gasteiger partial charge in [0.1, 0.15) is 11.9 Å². The molecule has 6 heteroatoms. The molecule has 2 atom stereocenters. The molecule has 112 valence electrons. The molecule has 1 aromatic heterocycles. The number of benzene rings is 1. The van der Waals surface area contributed by atoms with E-state index in [9.17, 15) is 4.79 Å². The van der Waals surface area contributed by atoms with E-state index < -0.39 is 5.91 Å². The van der Waals surface area contributed by atoms with Crippen LogP contribution in [0.15, 0.2) is 40.2 Å². The second kappa shape index (κ2) is 7.06. The molecule has 1 heterocycles. The first kappa shape index (κ1) is 16.0. The maximum Gasteiger partial charge on any atom is 0.248 e. The Kier molecular flexibility index (Phi) is 5.39. The van der Waals surface area contributed by atoms with E-state index in [0.29, 0.717) is 11.3 Å². The molecule has 2 rings (SSSR count). The zero-order chi connectivity index (χ0) is 15.4. The molecule has 0 aliphatic rings. The molecular formula is C15H17BrN2O2S. The van der Waals surface area contributed by atoms with Gasteiger partial charge >= 0.3 is 0 Å². The van der Waals surface area contributed by atoms with Crippen LogP contribution in [0, 0.1) is 0 Å². The van der Waals surface area contributed by atoms with Gasteiger partial charge in [-0.1, -0.05) is 6.92 Å². The van der Waals surface area contributed by atoms with Gasteiger partial charge in [0.2, 0.25) is 5.91 Å². The molecule has 0 spiro atoms. The third-order valence-electron chi connectivity index (χ3n) is 3.13. The number of hydrogen-bond donors (Lipinski definition) is 2. The van der Waals surface area contributed by atoms with E-state index >= 15 is 0 Å². The van der Waals surface area contributed by atoms with Crippen LogP contribution in [0.4, 0.5) is 0 Å². The number of carbonyl (C=O) groups is 1. The van der Waals surface area contributed by atoms with Crippen LogP contribution in [0.2, 0.25) is 0 Å². The summed E-state index contributed by atoms with van der Waals surface area (Å²) >= 11 is 5.05. The number of amides is 1. The van der Waals surface area contributed by atoms with E-state index in [1.165, 1.54) is 0 Å². The molecule has 0 aliphatic heterocycles. The Balaban J connectivity index is 2.20. The molecule has 2 aromatic rings. The Labute approximate surface area is 136 Å². The Bertz CT molecular complexity index is 612. The number of hydrogen-bond acceptors (Lipinski definition) is 4. The normalized spacial score (nSPS) is 13.7. The van der Waals surface area contributed by atoms with Crippen LogP contribution in [0.3, 0.4) is 0 Å². The monoisotopic (exact) mass is 368 g/mol. The third-order valence-corrected chi connectivity index (χ3v) is 4.89. The minimum atomic E-state index is -0.453. The first-order chi connectivity index (χ1) is 10.0. The number of thiophene rings is 1. The molecule has 2 unspecified atom stereocenters. The summed E-state index contributed by atoms with van der Waals surface area (Å²) in [5, 5.41) is 2.00. The Morgan fingerprint density at radius 1 is 1.38 bits per heavy atom. The molecule has 0 fully saturated rings. The molecular weight excluding hydrogens is 352 g/mol. The van der Waals surface area contributed by atoms with Crippen LogP contribution in [-0.4, -0.2) is 11.9 Å². The van der Waals surface area contributed by atoms with Gasteiger partial charge in [-0.05, 0) is 52.7 Å². The summed E-state index contributed by atoms with van der Waals surface area (Å²) in [7, 11) is 0. The minimum Gasteiger partial charge on any atom is -0.483 e. The van der Waals surface area contributed by atoms with Crippen molar-refractivity contribution in [1.82, 2.24) is 0 Å². The van der Waals surface area contributed by atoms with Crippen LogP contribution >= 0.6 is 27.3 Å². The summed E-state index contributed by atoms with van der Waals surface area (Å²) in [5.74, 6) is 0.212. The van der Waals surface area contributed by atoms with Crippen LogP contribution in [0.5, 0.6) is 5.75 Å². The molecule has 0 radical (unpaired) electrons. The summed E-state index contributed by atoms with van der Waals surface area (Å²) in [4.78, 5) is 12.1. The molecule has 0 saturated heterocycles. The van der Waals surface area contributed by atoms with Crippen molar-refractivity contribution in [2.45, 2.75) is 25.5 Å². The lowest BCUT2D eigenvalue weighted by Gasteiger charge is -2.23. The summed E-state index contributed by atoms with van der Waals surface area (Å²) in [6.07, 6.45) is 0.588. The van der Waals surface area contributed by atoms with Crippen molar-refractivity contribution in [3.8, 4) is 5.75 Å². The molecule has 0 bridgehead atoms. The molecule has 21 heavy (non-hydrogen) atoms. The Morgan fingerprint density at radius 3 is 2.52 bits per heavy atom. The van der Waals surface area contributed by atoms with Crippen LogP contribution in [0.25, 0.3) is 0 Å². The highest BCUT2D eigenvalue weighted by molar-refractivity contribution is 9.10. The first-order valence-electron chi connectivity index (χ1n) is 6.57. The average molecular weight is 369 g/mol. The number of rotatable bonds is 6. The molecule has 4 nitrogen and oxygen atoms in total.